The van der Waals surface area contributed by atoms with Gasteiger partial charge in [0.2, 0.25) is 0 Å². The summed E-state index contributed by atoms with van der Waals surface area (Å²) in [5.74, 6) is 0. The molecule has 0 aliphatic carbocycles. The topological polar surface area (TPSA) is 26.3 Å². The van der Waals surface area contributed by atoms with Gasteiger partial charge < -0.3 is 9.53 Å². The molecule has 0 radical (unpaired) electrons. The normalized spacial score (nSPS) is 12.8. The van der Waals surface area contributed by atoms with Crippen LogP contribution in [0.4, 0.5) is 0 Å². The zero-order valence-corrected chi connectivity index (χ0v) is 8.39. The Hall–Kier alpha value is -0.790. The Labute approximate surface area is 74.6 Å². The van der Waals surface area contributed by atoms with Gasteiger partial charge in [0.05, 0.1) is 6.26 Å². The summed E-state index contributed by atoms with van der Waals surface area (Å²) >= 11 is 0. The summed E-state index contributed by atoms with van der Waals surface area (Å²) in [4.78, 5) is 10.2. The lowest BCUT2D eigenvalue weighted by Gasteiger charge is -2.21. The summed E-state index contributed by atoms with van der Waals surface area (Å²) in [6, 6.07) is 0. The lowest BCUT2D eigenvalue weighted by molar-refractivity contribution is -0.111. The minimum atomic E-state index is -0.363. The van der Waals surface area contributed by atoms with Crippen molar-refractivity contribution >= 4 is 6.29 Å². The van der Waals surface area contributed by atoms with E-state index in [2.05, 4.69) is 6.92 Å². The van der Waals surface area contributed by atoms with Gasteiger partial charge in [-0.05, 0) is 32.8 Å². The number of hydrogen-bond donors (Lipinski definition) is 0. The van der Waals surface area contributed by atoms with Crippen LogP contribution in [0.25, 0.3) is 0 Å². The van der Waals surface area contributed by atoms with Gasteiger partial charge in [-0.15, -0.1) is 0 Å². The van der Waals surface area contributed by atoms with E-state index in [4.69, 9.17) is 4.74 Å². The van der Waals surface area contributed by atoms with E-state index in [0.29, 0.717) is 6.42 Å². The monoisotopic (exact) mass is 170 g/mol. The number of aldehydes is 1. The summed E-state index contributed by atoms with van der Waals surface area (Å²) < 4.78 is 5.43. The summed E-state index contributed by atoms with van der Waals surface area (Å²) in [6.07, 6.45) is 4.04. The maximum Gasteiger partial charge on any atom is 0.123 e. The average Bonchev–Trinajstić information content (AvgIpc) is 2.00. The first-order valence-corrected chi connectivity index (χ1v) is 4.29. The second kappa shape index (κ2) is 4.96. The molecule has 0 atom stereocenters. The molecule has 0 fully saturated rings. The lowest BCUT2D eigenvalue weighted by Crippen LogP contribution is -2.22. The molecule has 0 aliphatic rings. The molecule has 0 heterocycles. The van der Waals surface area contributed by atoms with Crippen LogP contribution in [0.3, 0.4) is 0 Å². The van der Waals surface area contributed by atoms with Gasteiger partial charge >= 0.3 is 0 Å². The second-order valence-corrected chi connectivity index (χ2v) is 3.57. The predicted molar refractivity (Wildman–Crippen MR) is 49.9 cm³/mol. The van der Waals surface area contributed by atoms with Crippen molar-refractivity contribution in [3.63, 3.8) is 0 Å². The Morgan fingerprint density at radius 1 is 1.50 bits per heavy atom. The highest BCUT2D eigenvalue weighted by Gasteiger charge is 2.16. The van der Waals surface area contributed by atoms with Gasteiger partial charge in [-0.1, -0.05) is 6.92 Å². The zero-order valence-electron chi connectivity index (χ0n) is 8.39. The van der Waals surface area contributed by atoms with Gasteiger partial charge in [-0.2, -0.15) is 0 Å². The van der Waals surface area contributed by atoms with Gasteiger partial charge in [-0.25, -0.2) is 0 Å². The first-order chi connectivity index (χ1) is 5.52. The quantitative estimate of drug-likeness (QED) is 0.468. The van der Waals surface area contributed by atoms with Crippen LogP contribution in [0, 0.1) is 0 Å². The molecule has 2 nitrogen and oxygen atoms in total. The van der Waals surface area contributed by atoms with E-state index in [-0.39, 0.29) is 5.60 Å². The van der Waals surface area contributed by atoms with Crippen LogP contribution >= 0.6 is 0 Å². The summed E-state index contributed by atoms with van der Waals surface area (Å²) in [6.45, 7) is 7.89. The molecule has 0 saturated heterocycles. The smallest absolute Gasteiger partial charge is 0.123 e. The molecule has 0 N–H and O–H groups in total. The van der Waals surface area contributed by atoms with E-state index in [9.17, 15) is 4.79 Å². The Kier molecular flexibility index (Phi) is 4.64. The minimum Gasteiger partial charge on any atom is -0.495 e. The van der Waals surface area contributed by atoms with Crippen molar-refractivity contribution in [3.05, 3.63) is 11.8 Å². The van der Waals surface area contributed by atoms with E-state index in [0.717, 1.165) is 12.7 Å². The zero-order chi connectivity index (χ0) is 9.61. The number of hydrogen-bond acceptors (Lipinski definition) is 2. The summed E-state index contributed by atoms with van der Waals surface area (Å²) in [5.41, 5.74) is 0.826. The first kappa shape index (κ1) is 11.2. The van der Waals surface area contributed by atoms with Crippen LogP contribution in [0.1, 0.15) is 40.5 Å². The fraction of sp³-hybridized carbons (Fsp3) is 0.700. The largest absolute Gasteiger partial charge is 0.495 e. The number of carbonyl (C=O) groups is 1. The molecule has 0 aromatic carbocycles. The molecule has 2 heteroatoms. The van der Waals surface area contributed by atoms with Crippen LogP contribution in [-0.2, 0) is 9.53 Å². The van der Waals surface area contributed by atoms with Crippen LogP contribution in [0.15, 0.2) is 11.8 Å². The summed E-state index contributed by atoms with van der Waals surface area (Å²) in [5, 5.41) is 0. The first-order valence-electron chi connectivity index (χ1n) is 4.29. The van der Waals surface area contributed by atoms with Crippen molar-refractivity contribution in [1.82, 2.24) is 0 Å². The summed E-state index contributed by atoms with van der Waals surface area (Å²) in [7, 11) is 0. The molecule has 0 bridgehead atoms. The highest BCUT2D eigenvalue weighted by Crippen LogP contribution is 2.14. The van der Waals surface area contributed by atoms with Crippen molar-refractivity contribution in [1.29, 1.82) is 0 Å². The molecule has 0 aromatic heterocycles. The van der Waals surface area contributed by atoms with E-state index < -0.39 is 0 Å². The maximum absolute atomic E-state index is 10.2. The van der Waals surface area contributed by atoms with Crippen molar-refractivity contribution in [3.8, 4) is 0 Å². The third-order valence-corrected chi connectivity index (χ3v) is 1.71. The van der Waals surface area contributed by atoms with Crippen molar-refractivity contribution < 1.29 is 9.53 Å². The molecule has 0 aromatic rings. The number of ether oxygens (including phenoxy) is 1. The van der Waals surface area contributed by atoms with Crippen molar-refractivity contribution in [2.24, 2.45) is 0 Å². The Balaban J connectivity index is 3.97. The van der Waals surface area contributed by atoms with Crippen molar-refractivity contribution in [2.75, 3.05) is 0 Å². The minimum absolute atomic E-state index is 0.363. The lowest BCUT2D eigenvalue weighted by atomic mass is 10.1. The third-order valence-electron chi connectivity index (χ3n) is 1.71. The van der Waals surface area contributed by atoms with E-state index >= 15 is 0 Å². The van der Waals surface area contributed by atoms with Crippen LogP contribution in [0.5, 0.6) is 0 Å². The average molecular weight is 170 g/mol. The third kappa shape index (κ3) is 4.94. The molecule has 12 heavy (non-hydrogen) atoms. The fourth-order valence-corrected chi connectivity index (χ4v) is 0.592. The molecule has 0 aliphatic heterocycles. The highest BCUT2D eigenvalue weighted by molar-refractivity contribution is 5.51. The van der Waals surface area contributed by atoms with Crippen molar-refractivity contribution in [2.45, 2.75) is 46.1 Å². The van der Waals surface area contributed by atoms with Crippen LogP contribution in [0.2, 0.25) is 0 Å². The highest BCUT2D eigenvalue weighted by atomic mass is 16.5. The van der Waals surface area contributed by atoms with Gasteiger partial charge in [0.25, 0.3) is 0 Å². The Morgan fingerprint density at radius 3 is 2.50 bits per heavy atom. The fourth-order valence-electron chi connectivity index (χ4n) is 0.592. The van der Waals surface area contributed by atoms with Gasteiger partial charge in [0.1, 0.15) is 11.9 Å². The molecule has 0 rings (SSSR count). The standard InChI is InChI=1S/C10H18O2/c1-5-9(2)8-12-10(3,4)6-7-11/h7-8H,5-6H2,1-4H3. The van der Waals surface area contributed by atoms with E-state index in [1.54, 1.807) is 6.26 Å². The molecule has 0 amide bonds. The molecule has 0 spiro atoms. The Morgan fingerprint density at radius 2 is 2.08 bits per heavy atom. The second-order valence-electron chi connectivity index (χ2n) is 3.57. The van der Waals surface area contributed by atoms with Gasteiger partial charge in [0.15, 0.2) is 0 Å². The maximum atomic E-state index is 10.2. The SMILES string of the molecule is CCC(C)=COC(C)(C)CC=O. The Bertz CT molecular complexity index is 169. The predicted octanol–water partition coefficient (Wildman–Crippen LogP) is 2.68. The van der Waals surface area contributed by atoms with E-state index in [1.165, 1.54) is 5.57 Å². The number of rotatable bonds is 5. The molecule has 70 valence electrons. The van der Waals surface area contributed by atoms with Gasteiger partial charge in [0, 0.05) is 6.42 Å². The molecule has 0 saturated carbocycles. The van der Waals surface area contributed by atoms with Crippen LogP contribution < -0.4 is 0 Å². The van der Waals surface area contributed by atoms with Gasteiger partial charge in [-0.3, -0.25) is 0 Å². The van der Waals surface area contributed by atoms with E-state index in [1.807, 2.05) is 20.8 Å². The number of allylic oxidation sites excluding steroid dienone is 1. The molecule has 0 unspecified atom stereocenters. The van der Waals surface area contributed by atoms with Crippen LogP contribution in [-0.4, -0.2) is 11.9 Å². The number of carbonyl (C=O) groups excluding carboxylic acids is 1. The molecular formula is C10H18O2. The molecular weight excluding hydrogens is 152 g/mol.